The van der Waals surface area contributed by atoms with Crippen LogP contribution in [0, 0.1) is 5.92 Å². The number of phosphoric ester groups is 2. The number of aliphatic hydroxyl groups excluding tert-OH is 1. The van der Waals surface area contributed by atoms with Crippen molar-refractivity contribution in [2.45, 2.75) is 490 Å². The lowest BCUT2D eigenvalue weighted by molar-refractivity contribution is -0.161. The summed E-state index contributed by atoms with van der Waals surface area (Å²) in [6.07, 6.45) is 73.5. The van der Waals surface area contributed by atoms with Crippen LogP contribution >= 0.6 is 15.6 Å². The van der Waals surface area contributed by atoms with Gasteiger partial charge in [0.15, 0.2) is 12.2 Å². The van der Waals surface area contributed by atoms with Gasteiger partial charge in [0, 0.05) is 25.7 Å². The molecule has 0 spiro atoms. The van der Waals surface area contributed by atoms with Gasteiger partial charge in [0.05, 0.1) is 26.4 Å². The number of esters is 4. The van der Waals surface area contributed by atoms with Crippen molar-refractivity contribution in [1.82, 2.24) is 0 Å². The lowest BCUT2D eigenvalue weighted by Gasteiger charge is -2.21. The van der Waals surface area contributed by atoms with E-state index in [1.54, 1.807) is 0 Å². The Morgan fingerprint density at radius 3 is 0.642 bits per heavy atom. The average molecular weight is 1550 g/mol. The second-order valence-electron chi connectivity index (χ2n) is 31.8. The predicted octanol–water partition coefficient (Wildman–Crippen LogP) is 26.8. The number of unbranched alkanes of at least 4 members (excludes halogenated alkanes) is 59. The molecule has 0 aromatic heterocycles. The Bertz CT molecular complexity index is 2010. The molecule has 19 heteroatoms. The Balaban J connectivity index is 5.24. The van der Waals surface area contributed by atoms with Crippen LogP contribution in [-0.2, 0) is 65.4 Å². The summed E-state index contributed by atoms with van der Waals surface area (Å²) in [5.41, 5.74) is 0. The number of ether oxygens (including phenoxy) is 4. The molecule has 17 nitrogen and oxygen atoms in total. The maximum atomic E-state index is 13.2. The molecule has 0 saturated heterocycles. The third-order valence-electron chi connectivity index (χ3n) is 20.5. The number of hydrogen-bond donors (Lipinski definition) is 3. The largest absolute Gasteiger partial charge is 0.472 e. The van der Waals surface area contributed by atoms with Crippen LogP contribution in [0.1, 0.15) is 471 Å². The maximum absolute atomic E-state index is 13.2. The first-order valence-corrected chi connectivity index (χ1v) is 48.1. The third kappa shape index (κ3) is 80.1. The number of phosphoric acid groups is 2. The van der Waals surface area contributed by atoms with E-state index in [0.717, 1.165) is 95.8 Å². The van der Waals surface area contributed by atoms with E-state index in [9.17, 15) is 43.2 Å². The van der Waals surface area contributed by atoms with Gasteiger partial charge in [0.25, 0.3) is 0 Å². The molecule has 106 heavy (non-hydrogen) atoms. The summed E-state index contributed by atoms with van der Waals surface area (Å²) >= 11 is 0. The topological polar surface area (TPSA) is 237 Å². The van der Waals surface area contributed by atoms with E-state index in [0.29, 0.717) is 25.7 Å². The fourth-order valence-corrected chi connectivity index (χ4v) is 15.2. The van der Waals surface area contributed by atoms with Gasteiger partial charge in [-0.05, 0) is 31.6 Å². The SMILES string of the molecule is CCCCCCCCCCCCCCCCCCCCCCCC(=O)O[C@H](COC(=O)CCCCCCCCCCCCCCCCCCC(C)C)COP(=O)(O)OC[C@@H](O)COP(=O)(O)OC[C@@H](COC(=O)CCCCCCCCCCCCCC)OC(=O)CCCCCCCCCCCCCCCC. The molecular weight excluding hydrogens is 1380 g/mol. The Hall–Kier alpha value is -1.94. The highest BCUT2D eigenvalue weighted by Crippen LogP contribution is 2.45. The first-order chi connectivity index (χ1) is 51.5. The van der Waals surface area contributed by atoms with Crippen LogP contribution in [0.2, 0.25) is 0 Å². The van der Waals surface area contributed by atoms with Crippen molar-refractivity contribution in [3.8, 4) is 0 Å². The molecule has 0 aliphatic heterocycles. The second kappa shape index (κ2) is 79.7. The van der Waals surface area contributed by atoms with Gasteiger partial charge >= 0.3 is 39.5 Å². The van der Waals surface area contributed by atoms with E-state index in [1.807, 2.05) is 0 Å². The molecule has 0 aromatic rings. The minimum absolute atomic E-state index is 0.109. The summed E-state index contributed by atoms with van der Waals surface area (Å²) in [7, 11) is -9.93. The first kappa shape index (κ1) is 104. The zero-order chi connectivity index (χ0) is 77.6. The van der Waals surface area contributed by atoms with Gasteiger partial charge < -0.3 is 33.8 Å². The van der Waals surface area contributed by atoms with E-state index < -0.39 is 97.5 Å². The molecule has 0 aliphatic rings. The van der Waals surface area contributed by atoms with Gasteiger partial charge in [-0.15, -0.1) is 0 Å². The summed E-state index contributed by atoms with van der Waals surface area (Å²) in [5, 5.41) is 10.7. The van der Waals surface area contributed by atoms with E-state index in [4.69, 9.17) is 37.0 Å². The number of hydrogen-bond acceptors (Lipinski definition) is 15. The van der Waals surface area contributed by atoms with Crippen molar-refractivity contribution in [2.24, 2.45) is 5.92 Å². The number of aliphatic hydroxyl groups is 1. The first-order valence-electron chi connectivity index (χ1n) is 45.1. The molecule has 630 valence electrons. The highest BCUT2D eigenvalue weighted by molar-refractivity contribution is 7.47. The van der Waals surface area contributed by atoms with Crippen molar-refractivity contribution in [3.05, 3.63) is 0 Å². The zero-order valence-electron chi connectivity index (χ0n) is 69.6. The summed E-state index contributed by atoms with van der Waals surface area (Å²) in [5.74, 6) is -1.28. The Morgan fingerprint density at radius 1 is 0.255 bits per heavy atom. The molecule has 5 atom stereocenters. The molecule has 0 radical (unpaired) electrons. The quantitative estimate of drug-likeness (QED) is 0.0222. The Labute approximate surface area is 651 Å². The van der Waals surface area contributed by atoms with Crippen LogP contribution in [0.25, 0.3) is 0 Å². The highest BCUT2D eigenvalue weighted by Gasteiger charge is 2.30. The second-order valence-corrected chi connectivity index (χ2v) is 34.7. The normalized spacial score (nSPS) is 13.7. The van der Waals surface area contributed by atoms with Crippen LogP contribution in [0.15, 0.2) is 0 Å². The van der Waals surface area contributed by atoms with E-state index in [1.165, 1.54) is 295 Å². The monoisotopic (exact) mass is 1550 g/mol. The number of carbonyl (C=O) groups excluding carboxylic acids is 4. The molecule has 0 bridgehead atoms. The van der Waals surface area contributed by atoms with Crippen molar-refractivity contribution in [3.63, 3.8) is 0 Å². The molecule has 0 saturated carbocycles. The molecule has 0 fully saturated rings. The molecule has 0 heterocycles. The van der Waals surface area contributed by atoms with Gasteiger partial charge in [0.2, 0.25) is 0 Å². The fraction of sp³-hybridized carbons (Fsp3) is 0.954. The van der Waals surface area contributed by atoms with Gasteiger partial charge in [-0.25, -0.2) is 9.13 Å². The molecule has 0 rings (SSSR count). The van der Waals surface area contributed by atoms with Crippen LogP contribution in [0.5, 0.6) is 0 Å². The maximum Gasteiger partial charge on any atom is 0.472 e. The number of rotatable bonds is 87. The van der Waals surface area contributed by atoms with Gasteiger partial charge in [0.1, 0.15) is 19.3 Å². The number of carbonyl (C=O) groups is 4. The standard InChI is InChI=1S/C87H170O17P2/c1-6-9-12-15-18-21-24-27-29-30-31-32-33-34-39-43-48-53-58-63-68-73-87(92)104-83(77-98-85(90)71-66-61-56-51-46-42-38-36-35-37-40-44-49-54-59-64-69-80(4)5)79-102-106(95,96)100-75-81(88)74-99-105(93,94)101-78-82(76-97-84(89)70-65-60-55-50-45-26-23-20-17-14-11-8-3)103-86(91)72-67-62-57-52-47-41-28-25-22-19-16-13-10-7-2/h80-83,88H,6-79H2,1-5H3,(H,93,94)(H,95,96)/t81-,82+,83+/m0/s1. The summed E-state index contributed by atoms with van der Waals surface area (Å²) < 4.78 is 68.9. The lowest BCUT2D eigenvalue weighted by atomic mass is 10.0. The van der Waals surface area contributed by atoms with Crippen LogP contribution in [-0.4, -0.2) is 96.7 Å². The molecule has 3 N–H and O–H groups in total. The van der Waals surface area contributed by atoms with Crippen molar-refractivity contribution in [2.75, 3.05) is 39.6 Å². The molecule has 0 aliphatic carbocycles. The van der Waals surface area contributed by atoms with Crippen molar-refractivity contribution in [1.29, 1.82) is 0 Å². The van der Waals surface area contributed by atoms with Gasteiger partial charge in [-0.3, -0.25) is 37.3 Å². The summed E-state index contributed by atoms with van der Waals surface area (Å²) in [6, 6.07) is 0. The van der Waals surface area contributed by atoms with E-state index >= 15 is 0 Å². The lowest BCUT2D eigenvalue weighted by Crippen LogP contribution is -2.30. The van der Waals surface area contributed by atoms with E-state index in [-0.39, 0.29) is 25.7 Å². The van der Waals surface area contributed by atoms with Crippen molar-refractivity contribution >= 4 is 39.5 Å². The molecule has 0 aromatic carbocycles. The van der Waals surface area contributed by atoms with Crippen molar-refractivity contribution < 1.29 is 80.2 Å². The average Bonchev–Trinajstić information content (AvgIpc) is 0.927. The molecular formula is C87H170O17P2. The van der Waals surface area contributed by atoms with Crippen LogP contribution < -0.4 is 0 Å². The van der Waals surface area contributed by atoms with E-state index in [2.05, 4.69) is 34.6 Å². The Kier molecular flexibility index (Phi) is 78.2. The van der Waals surface area contributed by atoms with Crippen LogP contribution in [0.3, 0.4) is 0 Å². The molecule has 2 unspecified atom stereocenters. The third-order valence-corrected chi connectivity index (χ3v) is 22.4. The fourth-order valence-electron chi connectivity index (χ4n) is 13.6. The minimum atomic E-state index is -4.97. The predicted molar refractivity (Wildman–Crippen MR) is 437 cm³/mol. The molecule has 0 amide bonds. The van der Waals surface area contributed by atoms with Gasteiger partial charge in [-0.2, -0.15) is 0 Å². The minimum Gasteiger partial charge on any atom is -0.462 e. The summed E-state index contributed by atoms with van der Waals surface area (Å²) in [6.45, 7) is 7.41. The van der Waals surface area contributed by atoms with Crippen LogP contribution in [0.4, 0.5) is 0 Å². The zero-order valence-corrected chi connectivity index (χ0v) is 71.4. The summed E-state index contributed by atoms with van der Waals surface area (Å²) in [4.78, 5) is 73.3. The Morgan fingerprint density at radius 2 is 0.434 bits per heavy atom. The smallest absolute Gasteiger partial charge is 0.462 e. The highest BCUT2D eigenvalue weighted by atomic mass is 31.2. The van der Waals surface area contributed by atoms with Gasteiger partial charge in [-0.1, -0.05) is 420 Å².